The van der Waals surface area contributed by atoms with Crippen molar-refractivity contribution in [2.24, 2.45) is 0 Å². The molecule has 4 rings (SSSR count). The Kier molecular flexibility index (Phi) is 5.63. The topological polar surface area (TPSA) is 54.0 Å². The number of carbonyl (C=O) groups is 1. The predicted molar refractivity (Wildman–Crippen MR) is 122 cm³/mol. The van der Waals surface area contributed by atoms with Crippen LogP contribution in [0.25, 0.3) is 0 Å². The Bertz CT molecular complexity index is 882. The molecule has 0 bridgehead atoms. The molecule has 0 radical (unpaired) electrons. The van der Waals surface area contributed by atoms with Crippen molar-refractivity contribution in [2.45, 2.75) is 63.6 Å². The SMILES string of the molecule is CC1(C)OC[C@]2(C[C@@H](CO[Si](c3ccccc3)(c3ccccc3)C(C)(C)C)OC2=O)O1. The van der Waals surface area contributed by atoms with Crippen LogP contribution in [0, 0.1) is 0 Å². The minimum Gasteiger partial charge on any atom is -0.458 e. The van der Waals surface area contributed by atoms with Crippen LogP contribution in [0.1, 0.15) is 41.0 Å². The van der Waals surface area contributed by atoms with Gasteiger partial charge in [0, 0.05) is 6.42 Å². The molecule has 2 fully saturated rings. The molecule has 0 unspecified atom stereocenters. The Morgan fingerprint density at radius 1 is 1.00 bits per heavy atom. The molecule has 2 aliphatic heterocycles. The summed E-state index contributed by atoms with van der Waals surface area (Å²) in [6, 6.07) is 20.9. The number of rotatable bonds is 5. The van der Waals surface area contributed by atoms with Gasteiger partial charge in [0.15, 0.2) is 11.4 Å². The van der Waals surface area contributed by atoms with E-state index in [1.807, 2.05) is 26.0 Å². The van der Waals surface area contributed by atoms with Gasteiger partial charge in [-0.05, 0) is 29.3 Å². The van der Waals surface area contributed by atoms with Crippen LogP contribution in [0.2, 0.25) is 5.04 Å². The van der Waals surface area contributed by atoms with Gasteiger partial charge in [0.2, 0.25) is 0 Å². The van der Waals surface area contributed by atoms with E-state index in [9.17, 15) is 4.79 Å². The van der Waals surface area contributed by atoms with Gasteiger partial charge in [0.05, 0.1) is 13.2 Å². The number of cyclic esters (lactones) is 1. The van der Waals surface area contributed by atoms with Crippen LogP contribution in [0.3, 0.4) is 0 Å². The van der Waals surface area contributed by atoms with Crippen molar-refractivity contribution in [1.29, 1.82) is 0 Å². The maximum absolute atomic E-state index is 12.7. The predicted octanol–water partition coefficient (Wildman–Crippen LogP) is 3.40. The standard InChI is InChI=1S/C25H32O5Si/c1-23(2,3)31(20-12-8-6-9-13-20,21-14-10-7-11-15-21)28-17-19-16-25(22(26)29-19)18-27-24(4,5)30-25/h6-15,19H,16-18H2,1-5H3/t19-,25-/m0/s1. The highest BCUT2D eigenvalue weighted by Crippen LogP contribution is 2.41. The number of hydrogen-bond donors (Lipinski definition) is 0. The normalized spacial score (nSPS) is 25.7. The molecule has 5 nitrogen and oxygen atoms in total. The average molecular weight is 441 g/mol. The highest BCUT2D eigenvalue weighted by Gasteiger charge is 2.59. The Morgan fingerprint density at radius 3 is 2.00 bits per heavy atom. The fourth-order valence-corrected chi connectivity index (χ4v) is 9.44. The van der Waals surface area contributed by atoms with Gasteiger partial charge in [-0.3, -0.25) is 0 Å². The van der Waals surface area contributed by atoms with Gasteiger partial charge >= 0.3 is 5.97 Å². The van der Waals surface area contributed by atoms with E-state index in [4.69, 9.17) is 18.6 Å². The summed E-state index contributed by atoms with van der Waals surface area (Å²) in [6.07, 6.45) is 0.0691. The maximum atomic E-state index is 12.7. The minimum atomic E-state index is -2.68. The minimum absolute atomic E-state index is 0.134. The van der Waals surface area contributed by atoms with Crippen molar-refractivity contribution in [1.82, 2.24) is 0 Å². The van der Waals surface area contributed by atoms with Crippen molar-refractivity contribution in [2.75, 3.05) is 13.2 Å². The summed E-state index contributed by atoms with van der Waals surface area (Å²) in [6.45, 7) is 10.9. The molecule has 2 aliphatic rings. The van der Waals surface area contributed by atoms with E-state index in [2.05, 4.69) is 69.3 Å². The monoisotopic (exact) mass is 440 g/mol. The average Bonchev–Trinajstić information content (AvgIpc) is 3.20. The first-order chi connectivity index (χ1) is 14.6. The molecule has 1 spiro atoms. The molecule has 6 heteroatoms. The van der Waals surface area contributed by atoms with Crippen LogP contribution < -0.4 is 10.4 Å². The fourth-order valence-electron chi connectivity index (χ4n) is 4.84. The van der Waals surface area contributed by atoms with Gasteiger partial charge in [0.25, 0.3) is 8.32 Å². The largest absolute Gasteiger partial charge is 0.458 e. The summed E-state index contributed by atoms with van der Waals surface area (Å²) in [5.74, 6) is -1.14. The van der Waals surface area contributed by atoms with E-state index in [0.29, 0.717) is 13.0 Å². The van der Waals surface area contributed by atoms with E-state index in [1.165, 1.54) is 10.4 Å². The van der Waals surface area contributed by atoms with Gasteiger partial charge in [-0.25, -0.2) is 4.79 Å². The lowest BCUT2D eigenvalue weighted by molar-refractivity contribution is -0.177. The summed E-state index contributed by atoms with van der Waals surface area (Å²) < 4.78 is 24.3. The van der Waals surface area contributed by atoms with Crippen molar-refractivity contribution >= 4 is 24.7 Å². The molecule has 2 atom stereocenters. The molecule has 2 aromatic rings. The first-order valence-corrected chi connectivity index (χ1v) is 12.8. The summed E-state index contributed by atoms with van der Waals surface area (Å²) in [7, 11) is -2.68. The molecule has 0 N–H and O–H groups in total. The maximum Gasteiger partial charge on any atom is 0.341 e. The number of ether oxygens (including phenoxy) is 3. The van der Waals surface area contributed by atoms with Crippen LogP contribution >= 0.6 is 0 Å². The molecule has 0 amide bonds. The van der Waals surface area contributed by atoms with Crippen LogP contribution in [0.5, 0.6) is 0 Å². The molecule has 2 saturated heterocycles. The molecular weight excluding hydrogens is 408 g/mol. The van der Waals surface area contributed by atoms with Gasteiger partial charge in [-0.2, -0.15) is 0 Å². The molecule has 0 aromatic heterocycles. The highest BCUT2D eigenvalue weighted by molar-refractivity contribution is 6.99. The Labute approximate surface area is 185 Å². The summed E-state index contributed by atoms with van der Waals surface area (Å²) >= 11 is 0. The van der Waals surface area contributed by atoms with E-state index in [-0.39, 0.29) is 23.7 Å². The van der Waals surface area contributed by atoms with E-state index in [1.54, 1.807) is 0 Å². The fraction of sp³-hybridized carbons (Fsp3) is 0.480. The van der Waals surface area contributed by atoms with Crippen molar-refractivity contribution in [3.63, 3.8) is 0 Å². The summed E-state index contributed by atoms with van der Waals surface area (Å²) in [4.78, 5) is 12.7. The van der Waals surface area contributed by atoms with Crippen LogP contribution in [0.4, 0.5) is 0 Å². The molecule has 2 heterocycles. The van der Waals surface area contributed by atoms with E-state index < -0.39 is 19.7 Å². The lowest BCUT2D eigenvalue weighted by Gasteiger charge is -2.43. The molecule has 2 aromatic carbocycles. The third-order valence-electron chi connectivity index (χ3n) is 6.20. The molecule has 0 saturated carbocycles. The third kappa shape index (κ3) is 3.98. The third-order valence-corrected chi connectivity index (χ3v) is 11.2. The second-order valence-electron chi connectivity index (χ2n) is 9.99. The quantitative estimate of drug-likeness (QED) is 0.527. The van der Waals surface area contributed by atoms with Gasteiger partial charge in [-0.1, -0.05) is 81.4 Å². The summed E-state index contributed by atoms with van der Waals surface area (Å²) in [5, 5.41) is 2.27. The Hall–Kier alpha value is -1.99. The van der Waals surface area contributed by atoms with Crippen molar-refractivity contribution in [3.05, 3.63) is 60.7 Å². The van der Waals surface area contributed by atoms with Crippen molar-refractivity contribution in [3.8, 4) is 0 Å². The van der Waals surface area contributed by atoms with Crippen LogP contribution in [-0.4, -0.2) is 45.0 Å². The van der Waals surface area contributed by atoms with Crippen LogP contribution in [-0.2, 0) is 23.4 Å². The van der Waals surface area contributed by atoms with Gasteiger partial charge < -0.3 is 18.6 Å². The molecular formula is C25H32O5Si. The Balaban J connectivity index is 1.65. The Morgan fingerprint density at radius 2 is 1.55 bits per heavy atom. The zero-order valence-corrected chi connectivity index (χ0v) is 20.0. The highest BCUT2D eigenvalue weighted by atomic mass is 28.4. The lowest BCUT2D eigenvalue weighted by Crippen LogP contribution is -2.67. The van der Waals surface area contributed by atoms with Crippen LogP contribution in [0.15, 0.2) is 60.7 Å². The number of benzene rings is 2. The number of esters is 1. The smallest absolute Gasteiger partial charge is 0.341 e. The second kappa shape index (κ2) is 7.85. The van der Waals surface area contributed by atoms with Gasteiger partial charge in [0.1, 0.15) is 6.10 Å². The first-order valence-electron chi connectivity index (χ1n) is 10.9. The first kappa shape index (κ1) is 22.2. The van der Waals surface area contributed by atoms with Crippen molar-refractivity contribution < 1.29 is 23.4 Å². The zero-order valence-electron chi connectivity index (χ0n) is 19.0. The number of carbonyl (C=O) groups excluding carboxylic acids is 1. The number of hydrogen-bond acceptors (Lipinski definition) is 5. The molecule has 166 valence electrons. The zero-order chi connectivity index (χ0) is 22.3. The second-order valence-corrected chi connectivity index (χ2v) is 14.3. The molecule has 0 aliphatic carbocycles. The van der Waals surface area contributed by atoms with E-state index >= 15 is 0 Å². The lowest BCUT2D eigenvalue weighted by atomic mass is 10.0. The summed E-state index contributed by atoms with van der Waals surface area (Å²) in [5.41, 5.74) is -1.02. The molecule has 31 heavy (non-hydrogen) atoms. The van der Waals surface area contributed by atoms with Gasteiger partial charge in [-0.15, -0.1) is 0 Å². The van der Waals surface area contributed by atoms with E-state index in [0.717, 1.165) is 0 Å².